The molecule has 4 saturated carbocycles. The Kier molecular flexibility index (Phi) is 16.7. The Labute approximate surface area is 350 Å². The van der Waals surface area contributed by atoms with Gasteiger partial charge in [-0.2, -0.15) is 0 Å². The molecule has 2 nitrogen and oxygen atoms in total. The second-order valence-corrected chi connectivity index (χ2v) is 23.5. The molecule has 324 valence electrons. The smallest absolute Gasteiger partial charge is 0.306 e. The summed E-state index contributed by atoms with van der Waals surface area (Å²) in [5, 5.41) is 0. The Bertz CT molecular complexity index is 1260. The summed E-state index contributed by atoms with van der Waals surface area (Å²) in [5.74, 6) is 1.47. The summed E-state index contributed by atoms with van der Waals surface area (Å²) in [6, 6.07) is 0. The molecule has 4 fully saturated rings. The van der Waals surface area contributed by atoms with E-state index in [-0.39, 0.29) is 17.5 Å². The van der Waals surface area contributed by atoms with E-state index in [1.165, 1.54) is 193 Å². The van der Waals surface area contributed by atoms with Gasteiger partial charge in [0, 0.05) is 11.8 Å². The Hall–Kier alpha value is -0.790. The van der Waals surface area contributed by atoms with Crippen molar-refractivity contribution >= 4 is 5.97 Å². The lowest BCUT2D eigenvalue weighted by Gasteiger charge is -2.71. The third-order valence-electron chi connectivity index (χ3n) is 18.6. The normalized spacial score (nSPS) is 34.6. The van der Waals surface area contributed by atoms with Crippen LogP contribution in [0.3, 0.4) is 0 Å². The van der Waals surface area contributed by atoms with Gasteiger partial charge in [0.25, 0.3) is 0 Å². The van der Waals surface area contributed by atoms with E-state index in [9.17, 15) is 4.79 Å². The number of hydrogen-bond acceptors (Lipinski definition) is 2. The van der Waals surface area contributed by atoms with Crippen molar-refractivity contribution in [2.75, 3.05) is 0 Å². The average Bonchev–Trinajstić information content (AvgIpc) is 3.14. The topological polar surface area (TPSA) is 26.3 Å². The third-order valence-corrected chi connectivity index (χ3v) is 18.6. The first-order chi connectivity index (χ1) is 26.6. The highest BCUT2D eigenvalue weighted by atomic mass is 16.5. The summed E-state index contributed by atoms with van der Waals surface area (Å²) in [7, 11) is 0. The Balaban J connectivity index is 0.955. The van der Waals surface area contributed by atoms with E-state index in [2.05, 4.69) is 62.3 Å². The van der Waals surface area contributed by atoms with Crippen molar-refractivity contribution in [2.24, 2.45) is 44.3 Å². The lowest BCUT2D eigenvalue weighted by atomic mass is 9.34. The first kappa shape index (κ1) is 46.3. The Morgan fingerprint density at radius 2 is 1.04 bits per heavy atom. The monoisotopic (exact) mass is 777 g/mol. The van der Waals surface area contributed by atoms with Gasteiger partial charge in [-0.3, -0.25) is 4.79 Å². The van der Waals surface area contributed by atoms with E-state index in [1.54, 1.807) is 0 Å². The quantitative estimate of drug-likeness (QED) is 0.0587. The van der Waals surface area contributed by atoms with Crippen LogP contribution in [0.15, 0.2) is 11.1 Å². The van der Waals surface area contributed by atoms with Gasteiger partial charge >= 0.3 is 5.97 Å². The molecular formula is C54H96O2. The molecule has 0 amide bonds. The predicted octanol–water partition coefficient (Wildman–Crippen LogP) is 17.5. The van der Waals surface area contributed by atoms with Gasteiger partial charge in [0.2, 0.25) is 0 Å². The number of carbonyl (C=O) groups excluding carboxylic acids is 1. The molecule has 0 radical (unpaired) electrons. The van der Waals surface area contributed by atoms with Crippen LogP contribution in [-0.2, 0) is 9.53 Å². The highest BCUT2D eigenvalue weighted by molar-refractivity contribution is 5.69. The SMILES string of the molecule is CCCCCCCCCCCCCCCCCCCCCCCC(=O)O[C@H]1CC[C@@]2(C)C(CC[C@]3(C)[C@@H]2CCC2=C4CC(C)(C)CC[C@]4(C)CC[C@]23C)C1(C)C. The molecule has 0 aliphatic heterocycles. The van der Waals surface area contributed by atoms with Crippen molar-refractivity contribution in [3.63, 3.8) is 0 Å². The van der Waals surface area contributed by atoms with Crippen molar-refractivity contribution in [1.82, 2.24) is 0 Å². The minimum Gasteiger partial charge on any atom is -0.462 e. The zero-order valence-electron chi connectivity index (χ0n) is 39.4. The van der Waals surface area contributed by atoms with Crippen LogP contribution in [0.1, 0.15) is 274 Å². The van der Waals surface area contributed by atoms with Crippen LogP contribution >= 0.6 is 0 Å². The maximum absolute atomic E-state index is 13.3. The number of hydrogen-bond donors (Lipinski definition) is 0. The minimum atomic E-state index is 0.0368. The molecule has 56 heavy (non-hydrogen) atoms. The fourth-order valence-electron chi connectivity index (χ4n) is 14.6. The summed E-state index contributed by atoms with van der Waals surface area (Å²) < 4.78 is 6.45. The standard InChI is InChI=1S/C54H96O2/c1-10-11-12-13-14-15-16-17-18-19-20-21-22-23-24-25-26-27-28-29-30-31-48(55)56-47-35-36-52(7)45(50(47,4)5)34-37-54(9)46(52)33-32-43-44-42-49(2,3)38-39-51(44,6)40-41-53(43,54)8/h45-47H,10-42H2,1-9H3/t45?,46-,47+,51-,52+,53-,54-/m1/s1. The molecule has 2 heteroatoms. The molecule has 5 rings (SSSR count). The molecule has 0 N–H and O–H groups in total. The Morgan fingerprint density at radius 1 is 0.536 bits per heavy atom. The van der Waals surface area contributed by atoms with Gasteiger partial charge in [-0.1, -0.05) is 202 Å². The molecule has 0 aromatic carbocycles. The summed E-state index contributed by atoms with van der Waals surface area (Å²) >= 11 is 0. The van der Waals surface area contributed by atoms with Gasteiger partial charge in [-0.05, 0) is 116 Å². The van der Waals surface area contributed by atoms with E-state index < -0.39 is 0 Å². The van der Waals surface area contributed by atoms with E-state index in [0.29, 0.717) is 39.4 Å². The van der Waals surface area contributed by atoms with Gasteiger partial charge in [0.15, 0.2) is 0 Å². The lowest BCUT2D eigenvalue weighted by molar-refractivity contribution is -0.214. The predicted molar refractivity (Wildman–Crippen MR) is 242 cm³/mol. The summed E-state index contributed by atoms with van der Waals surface area (Å²) in [4.78, 5) is 13.3. The van der Waals surface area contributed by atoms with E-state index in [4.69, 9.17) is 4.74 Å². The van der Waals surface area contributed by atoms with Crippen molar-refractivity contribution in [2.45, 2.75) is 280 Å². The molecular weight excluding hydrogens is 681 g/mol. The van der Waals surface area contributed by atoms with Crippen molar-refractivity contribution in [1.29, 1.82) is 0 Å². The van der Waals surface area contributed by atoms with Gasteiger partial charge in [0.05, 0.1) is 0 Å². The largest absolute Gasteiger partial charge is 0.462 e. The van der Waals surface area contributed by atoms with Crippen LogP contribution in [0.25, 0.3) is 0 Å². The second-order valence-electron chi connectivity index (χ2n) is 23.5. The van der Waals surface area contributed by atoms with Gasteiger partial charge in [-0.15, -0.1) is 0 Å². The van der Waals surface area contributed by atoms with Crippen molar-refractivity contribution in [3.05, 3.63) is 11.1 Å². The maximum Gasteiger partial charge on any atom is 0.306 e. The number of ether oxygens (including phenoxy) is 1. The number of unbranched alkanes of at least 4 members (excludes halogenated alkanes) is 20. The van der Waals surface area contributed by atoms with Gasteiger partial charge in [0.1, 0.15) is 6.10 Å². The first-order valence-electron chi connectivity index (χ1n) is 25.6. The Morgan fingerprint density at radius 3 is 1.57 bits per heavy atom. The molecule has 1 unspecified atom stereocenters. The second kappa shape index (κ2) is 20.2. The molecule has 0 bridgehead atoms. The summed E-state index contributed by atoms with van der Waals surface area (Å²) in [6.45, 7) is 23.1. The molecule has 0 aromatic rings. The molecule has 5 aliphatic carbocycles. The highest BCUT2D eigenvalue weighted by Gasteiger charge is 2.67. The molecule has 7 atom stereocenters. The van der Waals surface area contributed by atoms with Crippen molar-refractivity contribution in [3.8, 4) is 0 Å². The summed E-state index contributed by atoms with van der Waals surface area (Å²) in [5.41, 5.74) is 5.80. The molecule has 0 spiro atoms. The van der Waals surface area contributed by atoms with E-state index in [0.717, 1.165) is 18.8 Å². The van der Waals surface area contributed by atoms with Crippen molar-refractivity contribution < 1.29 is 9.53 Å². The first-order valence-corrected chi connectivity index (χ1v) is 25.6. The van der Waals surface area contributed by atoms with Crippen LogP contribution in [0.4, 0.5) is 0 Å². The molecule has 0 aromatic heterocycles. The molecule has 0 heterocycles. The maximum atomic E-state index is 13.3. The number of rotatable bonds is 23. The molecule has 5 aliphatic rings. The number of allylic oxidation sites excluding steroid dienone is 2. The van der Waals surface area contributed by atoms with E-state index >= 15 is 0 Å². The fraction of sp³-hybridized carbons (Fsp3) is 0.944. The zero-order valence-corrected chi connectivity index (χ0v) is 39.4. The minimum absolute atomic E-state index is 0.0368. The van der Waals surface area contributed by atoms with Crippen LogP contribution in [0.5, 0.6) is 0 Å². The van der Waals surface area contributed by atoms with Crippen LogP contribution in [0.2, 0.25) is 0 Å². The fourth-order valence-corrected chi connectivity index (χ4v) is 14.6. The zero-order chi connectivity index (χ0) is 40.5. The number of carbonyl (C=O) groups is 1. The van der Waals surface area contributed by atoms with Crippen LogP contribution in [-0.4, -0.2) is 12.1 Å². The van der Waals surface area contributed by atoms with Crippen LogP contribution in [0, 0.1) is 44.3 Å². The number of esters is 1. The third kappa shape index (κ3) is 10.6. The summed E-state index contributed by atoms with van der Waals surface area (Å²) in [6.07, 6.45) is 44.4. The number of fused-ring (bicyclic) bond motifs is 6. The molecule has 0 saturated heterocycles. The van der Waals surface area contributed by atoms with Gasteiger partial charge < -0.3 is 4.74 Å². The highest BCUT2D eigenvalue weighted by Crippen LogP contribution is 2.75. The lowest BCUT2D eigenvalue weighted by Crippen LogP contribution is -2.64. The van der Waals surface area contributed by atoms with Gasteiger partial charge in [-0.25, -0.2) is 0 Å². The van der Waals surface area contributed by atoms with E-state index in [1.807, 2.05) is 11.1 Å². The van der Waals surface area contributed by atoms with Crippen LogP contribution < -0.4 is 0 Å². The average molecular weight is 777 g/mol.